The van der Waals surface area contributed by atoms with E-state index in [1.807, 2.05) is 6.92 Å². The maximum atomic E-state index is 13.4. The molecule has 2 aromatic rings. The SMILES string of the molecule is C[C@H](CO)N1C[C@H](C)[C@@H](CN(C)C(=O)Nc2ccc(C(F)(F)F)cc2)Oc2ccc(NS(C)(=O)=O)cc2C1=O. The van der Waals surface area contributed by atoms with E-state index < -0.39 is 45.8 Å². The Kier molecular flexibility index (Phi) is 9.01. The van der Waals surface area contributed by atoms with E-state index >= 15 is 0 Å². The summed E-state index contributed by atoms with van der Waals surface area (Å²) in [7, 11) is -2.12. The summed E-state index contributed by atoms with van der Waals surface area (Å²) in [5.41, 5.74) is -0.424. The number of carbonyl (C=O) groups is 2. The van der Waals surface area contributed by atoms with Gasteiger partial charge in [-0.1, -0.05) is 6.92 Å². The van der Waals surface area contributed by atoms with Gasteiger partial charge in [0.2, 0.25) is 10.0 Å². The van der Waals surface area contributed by atoms with E-state index in [0.717, 1.165) is 30.5 Å². The Morgan fingerprint density at radius 3 is 2.38 bits per heavy atom. The number of nitrogens with zero attached hydrogens (tertiary/aromatic N) is 2. The smallest absolute Gasteiger partial charge is 0.416 e. The Hall–Kier alpha value is -3.52. The van der Waals surface area contributed by atoms with Gasteiger partial charge in [-0.15, -0.1) is 0 Å². The van der Waals surface area contributed by atoms with Crippen molar-refractivity contribution in [3.63, 3.8) is 0 Å². The van der Waals surface area contributed by atoms with E-state index in [4.69, 9.17) is 4.74 Å². The fourth-order valence-electron chi connectivity index (χ4n) is 4.03. The lowest BCUT2D eigenvalue weighted by Gasteiger charge is -2.38. The first-order chi connectivity index (χ1) is 18.1. The van der Waals surface area contributed by atoms with Crippen molar-refractivity contribution in [3.05, 3.63) is 53.6 Å². The third kappa shape index (κ3) is 7.76. The number of benzene rings is 2. The van der Waals surface area contributed by atoms with Crippen molar-refractivity contribution in [1.82, 2.24) is 9.80 Å². The van der Waals surface area contributed by atoms with Crippen LogP contribution in [-0.2, 0) is 16.2 Å². The summed E-state index contributed by atoms with van der Waals surface area (Å²) in [6.45, 7) is 3.40. The van der Waals surface area contributed by atoms with Crippen LogP contribution in [0.25, 0.3) is 0 Å². The number of aliphatic hydroxyl groups is 1. The molecule has 214 valence electrons. The molecule has 1 aliphatic heterocycles. The average molecular weight is 573 g/mol. The zero-order chi connectivity index (χ0) is 29.1. The summed E-state index contributed by atoms with van der Waals surface area (Å²) in [5.74, 6) is -0.601. The highest BCUT2D eigenvalue weighted by atomic mass is 32.2. The Bertz CT molecular complexity index is 1300. The quantitative estimate of drug-likeness (QED) is 0.466. The van der Waals surface area contributed by atoms with Crippen LogP contribution >= 0.6 is 0 Å². The second kappa shape index (κ2) is 11.7. The van der Waals surface area contributed by atoms with E-state index in [0.29, 0.717) is 0 Å². The van der Waals surface area contributed by atoms with Crippen molar-refractivity contribution in [2.75, 3.05) is 43.0 Å². The monoisotopic (exact) mass is 572 g/mol. The summed E-state index contributed by atoms with van der Waals surface area (Å²) in [6.07, 6.45) is -4.15. The topological polar surface area (TPSA) is 128 Å². The van der Waals surface area contributed by atoms with Gasteiger partial charge in [0.25, 0.3) is 5.91 Å². The van der Waals surface area contributed by atoms with Gasteiger partial charge in [0.15, 0.2) is 0 Å². The molecule has 0 fully saturated rings. The maximum Gasteiger partial charge on any atom is 0.416 e. The van der Waals surface area contributed by atoms with E-state index in [1.54, 1.807) is 6.92 Å². The molecule has 14 heteroatoms. The lowest BCUT2D eigenvalue weighted by molar-refractivity contribution is -0.137. The number of fused-ring (bicyclic) bond motifs is 1. The number of nitrogens with one attached hydrogen (secondary N) is 2. The minimum Gasteiger partial charge on any atom is -0.487 e. The number of aliphatic hydroxyl groups excluding tert-OH is 1. The molecule has 1 heterocycles. The van der Waals surface area contributed by atoms with Crippen LogP contribution in [0, 0.1) is 5.92 Å². The number of urea groups is 1. The van der Waals surface area contributed by atoms with Crippen LogP contribution in [0.3, 0.4) is 0 Å². The van der Waals surface area contributed by atoms with Crippen LogP contribution in [0.5, 0.6) is 5.75 Å². The van der Waals surface area contributed by atoms with E-state index in [2.05, 4.69) is 10.0 Å². The number of anilines is 2. The second-order valence-corrected chi connectivity index (χ2v) is 11.3. The van der Waals surface area contributed by atoms with Crippen molar-refractivity contribution in [2.45, 2.75) is 32.2 Å². The highest BCUT2D eigenvalue weighted by molar-refractivity contribution is 7.92. The fraction of sp³-hybridized carbons (Fsp3) is 0.440. The van der Waals surface area contributed by atoms with E-state index in [-0.39, 0.29) is 48.3 Å². The number of sulfonamides is 1. The molecule has 39 heavy (non-hydrogen) atoms. The van der Waals surface area contributed by atoms with E-state index in [1.165, 1.54) is 35.0 Å². The van der Waals surface area contributed by atoms with Crippen LogP contribution in [0.15, 0.2) is 42.5 Å². The lowest BCUT2D eigenvalue weighted by atomic mass is 9.99. The van der Waals surface area contributed by atoms with Crippen molar-refractivity contribution in [1.29, 1.82) is 0 Å². The van der Waals surface area contributed by atoms with Gasteiger partial charge in [-0.3, -0.25) is 9.52 Å². The maximum absolute atomic E-state index is 13.4. The van der Waals surface area contributed by atoms with Gasteiger partial charge in [0.1, 0.15) is 11.9 Å². The van der Waals surface area contributed by atoms with Crippen LogP contribution < -0.4 is 14.8 Å². The largest absolute Gasteiger partial charge is 0.487 e. The average Bonchev–Trinajstić information content (AvgIpc) is 2.84. The van der Waals surface area contributed by atoms with Crippen LogP contribution in [0.4, 0.5) is 29.3 Å². The number of ether oxygens (including phenoxy) is 1. The molecular weight excluding hydrogens is 541 g/mol. The predicted octanol–water partition coefficient (Wildman–Crippen LogP) is 3.46. The molecule has 2 aromatic carbocycles. The molecule has 0 unspecified atom stereocenters. The van der Waals surface area contributed by atoms with Gasteiger partial charge in [0, 0.05) is 30.9 Å². The molecule has 3 amide bonds. The highest BCUT2D eigenvalue weighted by Gasteiger charge is 2.34. The molecule has 0 aliphatic carbocycles. The highest BCUT2D eigenvalue weighted by Crippen LogP contribution is 2.32. The molecule has 0 aromatic heterocycles. The lowest BCUT2D eigenvalue weighted by Crippen LogP contribution is -2.50. The Balaban J connectivity index is 1.84. The van der Waals surface area contributed by atoms with Crippen molar-refractivity contribution < 1.29 is 41.0 Å². The molecular formula is C25H31F3N4O6S. The Morgan fingerprint density at radius 1 is 1.21 bits per heavy atom. The minimum atomic E-state index is -4.49. The summed E-state index contributed by atoms with van der Waals surface area (Å²) in [4.78, 5) is 29.0. The van der Waals surface area contributed by atoms with Gasteiger partial charge in [-0.25, -0.2) is 13.2 Å². The number of rotatable bonds is 7. The van der Waals surface area contributed by atoms with Crippen LogP contribution in [0.2, 0.25) is 0 Å². The summed E-state index contributed by atoms with van der Waals surface area (Å²) in [5, 5.41) is 12.3. The van der Waals surface area contributed by atoms with E-state index in [9.17, 15) is 36.3 Å². The molecule has 3 N–H and O–H groups in total. The zero-order valence-corrected chi connectivity index (χ0v) is 22.6. The van der Waals surface area contributed by atoms with Crippen LogP contribution in [-0.4, -0.2) is 80.4 Å². The number of likely N-dealkylation sites (N-methyl/N-ethyl adjacent to an activating group) is 1. The number of alkyl halides is 3. The van der Waals surface area contributed by atoms with Crippen LogP contribution in [0.1, 0.15) is 29.8 Å². The third-order valence-corrected chi connectivity index (χ3v) is 6.84. The molecule has 0 saturated heterocycles. The molecule has 0 spiro atoms. The standard InChI is InChI=1S/C25H31F3N4O6S/c1-15-12-32(16(2)14-33)23(34)20-11-19(30-39(4,36)37)9-10-21(20)38-22(15)13-31(3)24(35)29-18-7-5-17(6-8-18)25(26,27)28/h5-11,15-16,22,30,33H,12-14H2,1-4H3,(H,29,35)/t15-,16+,22+/m0/s1. The van der Waals surface area contributed by atoms with Crippen molar-refractivity contribution in [2.24, 2.45) is 5.92 Å². The summed E-state index contributed by atoms with van der Waals surface area (Å²) >= 11 is 0. The first-order valence-corrected chi connectivity index (χ1v) is 13.9. The predicted molar refractivity (Wildman–Crippen MR) is 139 cm³/mol. The number of carbonyl (C=O) groups excluding carboxylic acids is 2. The Morgan fingerprint density at radius 2 is 1.82 bits per heavy atom. The van der Waals surface area contributed by atoms with Crippen molar-refractivity contribution >= 4 is 33.3 Å². The molecule has 10 nitrogen and oxygen atoms in total. The third-order valence-electron chi connectivity index (χ3n) is 6.23. The molecule has 0 saturated carbocycles. The first kappa shape index (κ1) is 30.0. The minimum absolute atomic E-state index is 0.0476. The van der Waals surface area contributed by atoms with Gasteiger partial charge in [-0.2, -0.15) is 13.2 Å². The fourth-order valence-corrected chi connectivity index (χ4v) is 4.59. The number of hydrogen-bond donors (Lipinski definition) is 3. The normalized spacial score (nSPS) is 18.8. The van der Waals surface area contributed by atoms with Gasteiger partial charge in [-0.05, 0) is 49.4 Å². The van der Waals surface area contributed by atoms with Gasteiger partial charge in [0.05, 0.1) is 36.6 Å². The Labute approximate surface area is 224 Å². The molecule has 0 bridgehead atoms. The molecule has 3 rings (SSSR count). The van der Waals surface area contributed by atoms with Crippen molar-refractivity contribution in [3.8, 4) is 5.75 Å². The zero-order valence-electron chi connectivity index (χ0n) is 21.8. The van der Waals surface area contributed by atoms with Gasteiger partial charge >= 0.3 is 12.2 Å². The summed E-state index contributed by atoms with van der Waals surface area (Å²) < 4.78 is 70.3. The summed E-state index contributed by atoms with van der Waals surface area (Å²) in [6, 6.07) is 7.15. The number of hydrogen-bond acceptors (Lipinski definition) is 6. The molecule has 1 aliphatic rings. The number of halogens is 3. The molecule has 3 atom stereocenters. The van der Waals surface area contributed by atoms with Gasteiger partial charge < -0.3 is 25.0 Å². The number of amides is 3. The molecule has 0 radical (unpaired) electrons. The first-order valence-electron chi connectivity index (χ1n) is 12.0. The second-order valence-electron chi connectivity index (χ2n) is 9.59.